The van der Waals surface area contributed by atoms with Crippen molar-refractivity contribution >= 4 is 29.0 Å². The number of nitrogens with zero attached hydrogens (tertiary/aromatic N) is 1. The fourth-order valence-electron chi connectivity index (χ4n) is 2.28. The van der Waals surface area contributed by atoms with Gasteiger partial charge < -0.3 is 0 Å². The third kappa shape index (κ3) is 2.18. The zero-order valence-corrected chi connectivity index (χ0v) is 10.7. The van der Waals surface area contributed by atoms with Crippen LogP contribution in [0.25, 0.3) is 0 Å². The second-order valence-electron chi connectivity index (χ2n) is 4.36. The zero-order chi connectivity index (χ0) is 12.5. The lowest BCUT2D eigenvalue weighted by atomic mass is 9.81. The van der Waals surface area contributed by atoms with Crippen LogP contribution in [-0.2, 0) is 11.2 Å². The van der Waals surface area contributed by atoms with Gasteiger partial charge in [-0.2, -0.15) is 5.26 Å². The van der Waals surface area contributed by atoms with Crippen molar-refractivity contribution in [1.29, 1.82) is 5.26 Å². The molecule has 1 atom stereocenters. The van der Waals surface area contributed by atoms with Gasteiger partial charge in [0, 0.05) is 6.42 Å². The van der Waals surface area contributed by atoms with Gasteiger partial charge in [0.25, 0.3) is 0 Å². The molecule has 0 N–H and O–H groups in total. The smallest absolute Gasteiger partial charge is 0.153 e. The molecule has 0 saturated heterocycles. The van der Waals surface area contributed by atoms with Gasteiger partial charge in [-0.1, -0.05) is 35.3 Å². The van der Waals surface area contributed by atoms with Gasteiger partial charge in [-0.05, 0) is 30.9 Å². The van der Waals surface area contributed by atoms with Gasteiger partial charge in [-0.3, -0.25) is 4.79 Å². The minimum Gasteiger partial charge on any atom is -0.298 e. The topological polar surface area (TPSA) is 40.9 Å². The second-order valence-corrected chi connectivity index (χ2v) is 5.15. The minimum absolute atomic E-state index is 0.0241. The third-order valence-corrected chi connectivity index (χ3v) is 4.14. The maximum atomic E-state index is 11.8. The first-order chi connectivity index (χ1) is 8.09. The van der Waals surface area contributed by atoms with E-state index in [1.54, 1.807) is 12.1 Å². The number of hydrogen-bond donors (Lipinski definition) is 0. The molecule has 1 unspecified atom stereocenters. The number of hydrogen-bond acceptors (Lipinski definition) is 2. The maximum absolute atomic E-state index is 11.8. The van der Waals surface area contributed by atoms with Crippen molar-refractivity contribution in [1.82, 2.24) is 0 Å². The quantitative estimate of drug-likeness (QED) is 0.818. The van der Waals surface area contributed by atoms with E-state index in [4.69, 9.17) is 23.2 Å². The van der Waals surface area contributed by atoms with Crippen LogP contribution in [0.3, 0.4) is 0 Å². The summed E-state index contributed by atoms with van der Waals surface area (Å²) in [4.78, 5) is 11.8. The van der Waals surface area contributed by atoms with Crippen LogP contribution in [-0.4, -0.2) is 5.78 Å². The standard InChI is InChI=1S/C13H11Cl2NO/c14-10-4-1-3-9(12(10)15)7-13(8-16)6-2-5-11(13)17/h1,3-4H,2,5-7H2. The molecule has 1 fully saturated rings. The van der Waals surface area contributed by atoms with Gasteiger partial charge in [-0.15, -0.1) is 0 Å². The van der Waals surface area contributed by atoms with E-state index in [0.29, 0.717) is 29.3 Å². The lowest BCUT2D eigenvalue weighted by Crippen LogP contribution is -2.26. The molecular formula is C13H11Cl2NO. The number of nitriles is 1. The predicted octanol–water partition coefficient (Wildman–Crippen LogP) is 3.80. The van der Waals surface area contributed by atoms with E-state index in [-0.39, 0.29) is 5.78 Å². The van der Waals surface area contributed by atoms with Crippen LogP contribution in [0.1, 0.15) is 24.8 Å². The molecule has 0 heterocycles. The maximum Gasteiger partial charge on any atom is 0.153 e. The van der Waals surface area contributed by atoms with Crippen LogP contribution in [0.2, 0.25) is 10.0 Å². The fraction of sp³-hybridized carbons (Fsp3) is 0.385. The molecule has 0 bridgehead atoms. The first-order valence-corrected chi connectivity index (χ1v) is 6.22. The summed E-state index contributed by atoms with van der Waals surface area (Å²) in [7, 11) is 0. The largest absolute Gasteiger partial charge is 0.298 e. The number of carbonyl (C=O) groups is 1. The summed E-state index contributed by atoms with van der Waals surface area (Å²) < 4.78 is 0. The van der Waals surface area contributed by atoms with E-state index in [1.807, 2.05) is 6.07 Å². The molecule has 1 aromatic carbocycles. The summed E-state index contributed by atoms with van der Waals surface area (Å²) in [6, 6.07) is 7.47. The van der Waals surface area contributed by atoms with Crippen LogP contribution in [0.15, 0.2) is 18.2 Å². The Balaban J connectivity index is 2.35. The molecule has 0 amide bonds. The molecule has 1 saturated carbocycles. The second kappa shape index (κ2) is 4.68. The first kappa shape index (κ1) is 12.4. The molecule has 0 aromatic heterocycles. The highest BCUT2D eigenvalue weighted by Crippen LogP contribution is 2.39. The Kier molecular flexibility index (Phi) is 3.42. The highest BCUT2D eigenvalue weighted by Gasteiger charge is 2.42. The molecule has 0 aliphatic heterocycles. The number of rotatable bonds is 2. The Bertz CT molecular complexity index is 507. The van der Waals surface area contributed by atoms with E-state index in [0.717, 1.165) is 12.0 Å². The lowest BCUT2D eigenvalue weighted by molar-refractivity contribution is -0.123. The number of Topliss-reactive ketones (excluding diaryl/α,β-unsaturated/α-hetero) is 1. The summed E-state index contributed by atoms with van der Waals surface area (Å²) in [5.74, 6) is 0.0241. The Morgan fingerprint density at radius 2 is 2.18 bits per heavy atom. The average molecular weight is 268 g/mol. The van der Waals surface area contributed by atoms with E-state index in [2.05, 4.69) is 6.07 Å². The van der Waals surface area contributed by atoms with Crippen molar-refractivity contribution in [3.63, 3.8) is 0 Å². The van der Waals surface area contributed by atoms with Crippen molar-refractivity contribution in [2.24, 2.45) is 5.41 Å². The molecule has 0 spiro atoms. The number of halogens is 2. The van der Waals surface area contributed by atoms with Crippen LogP contribution in [0.5, 0.6) is 0 Å². The average Bonchev–Trinajstić information content (AvgIpc) is 2.67. The van der Waals surface area contributed by atoms with Gasteiger partial charge in [0.2, 0.25) is 0 Å². The van der Waals surface area contributed by atoms with Crippen molar-refractivity contribution in [2.45, 2.75) is 25.7 Å². The van der Waals surface area contributed by atoms with E-state index in [9.17, 15) is 10.1 Å². The van der Waals surface area contributed by atoms with E-state index in [1.165, 1.54) is 0 Å². The van der Waals surface area contributed by atoms with Crippen molar-refractivity contribution in [3.05, 3.63) is 33.8 Å². The number of carbonyl (C=O) groups excluding carboxylic acids is 1. The van der Waals surface area contributed by atoms with Crippen LogP contribution in [0, 0.1) is 16.7 Å². The predicted molar refractivity (Wildman–Crippen MR) is 67.1 cm³/mol. The molecule has 1 aromatic rings. The Labute approximate surface area is 110 Å². The highest BCUT2D eigenvalue weighted by molar-refractivity contribution is 6.42. The molecule has 1 aliphatic rings. The van der Waals surface area contributed by atoms with Crippen molar-refractivity contribution in [2.75, 3.05) is 0 Å². The first-order valence-electron chi connectivity index (χ1n) is 5.46. The molecule has 0 radical (unpaired) electrons. The van der Waals surface area contributed by atoms with Gasteiger partial charge in [-0.25, -0.2) is 0 Å². The van der Waals surface area contributed by atoms with Crippen molar-refractivity contribution in [3.8, 4) is 6.07 Å². The molecule has 2 nitrogen and oxygen atoms in total. The fourth-order valence-corrected chi connectivity index (χ4v) is 2.67. The number of ketones is 1. The van der Waals surface area contributed by atoms with Gasteiger partial charge in [0.1, 0.15) is 5.41 Å². The molecule has 17 heavy (non-hydrogen) atoms. The lowest BCUT2D eigenvalue weighted by Gasteiger charge is -2.19. The summed E-state index contributed by atoms with van der Waals surface area (Å²) in [6.45, 7) is 0. The Morgan fingerprint density at radius 1 is 1.41 bits per heavy atom. The molecule has 4 heteroatoms. The summed E-state index contributed by atoms with van der Waals surface area (Å²) in [6.07, 6.45) is 2.25. The van der Waals surface area contributed by atoms with Gasteiger partial charge >= 0.3 is 0 Å². The number of benzene rings is 1. The molecular weight excluding hydrogens is 257 g/mol. The van der Waals surface area contributed by atoms with Crippen LogP contribution >= 0.6 is 23.2 Å². The minimum atomic E-state index is -0.895. The van der Waals surface area contributed by atoms with E-state index >= 15 is 0 Å². The molecule has 2 rings (SSSR count). The summed E-state index contributed by atoms with van der Waals surface area (Å²) in [5.41, 5.74) is -0.120. The zero-order valence-electron chi connectivity index (χ0n) is 9.17. The molecule has 1 aliphatic carbocycles. The van der Waals surface area contributed by atoms with Crippen LogP contribution < -0.4 is 0 Å². The van der Waals surface area contributed by atoms with E-state index < -0.39 is 5.41 Å². The monoisotopic (exact) mass is 267 g/mol. The van der Waals surface area contributed by atoms with Crippen molar-refractivity contribution < 1.29 is 4.79 Å². The van der Waals surface area contributed by atoms with Gasteiger partial charge in [0.05, 0.1) is 16.1 Å². The molecule has 88 valence electrons. The third-order valence-electron chi connectivity index (χ3n) is 3.28. The van der Waals surface area contributed by atoms with Crippen LogP contribution in [0.4, 0.5) is 0 Å². The SMILES string of the molecule is N#CC1(Cc2cccc(Cl)c2Cl)CCCC1=O. The van der Waals surface area contributed by atoms with Gasteiger partial charge in [0.15, 0.2) is 5.78 Å². The Morgan fingerprint density at radius 3 is 2.76 bits per heavy atom. The normalized spacial score (nSPS) is 23.7. The summed E-state index contributed by atoms with van der Waals surface area (Å²) >= 11 is 12.0. The summed E-state index contributed by atoms with van der Waals surface area (Å²) in [5, 5.41) is 10.2. The Hall–Kier alpha value is -1.04. The highest BCUT2D eigenvalue weighted by atomic mass is 35.5.